The van der Waals surface area contributed by atoms with E-state index < -0.39 is 9.84 Å². The van der Waals surface area contributed by atoms with Crippen molar-refractivity contribution in [2.45, 2.75) is 6.42 Å². The minimum absolute atomic E-state index is 0.0180. The Morgan fingerprint density at radius 2 is 2.21 bits per heavy atom. The van der Waals surface area contributed by atoms with E-state index in [2.05, 4.69) is 15.5 Å². The third-order valence-corrected chi connectivity index (χ3v) is 5.92. The van der Waals surface area contributed by atoms with Gasteiger partial charge in [-0.2, -0.15) is 5.10 Å². The summed E-state index contributed by atoms with van der Waals surface area (Å²) in [5, 5.41) is 9.63. The number of nitrogens with zero attached hydrogens (tertiary/aromatic N) is 1. The summed E-state index contributed by atoms with van der Waals surface area (Å²) in [6.45, 7) is 0.348. The largest absolute Gasteiger partial charge is 0.496 e. The highest BCUT2D eigenvalue weighted by Crippen LogP contribution is 2.28. The molecule has 2 N–H and O–H groups in total. The lowest BCUT2D eigenvalue weighted by atomic mass is 10.1. The second-order valence-corrected chi connectivity index (χ2v) is 8.07. The first-order valence-corrected chi connectivity index (χ1v) is 9.48. The zero-order valence-corrected chi connectivity index (χ0v) is 14.1. The normalized spacial score (nSPS) is 19.1. The maximum absolute atomic E-state index is 12.2. The first-order chi connectivity index (χ1) is 11.5. The quantitative estimate of drug-likeness (QED) is 0.846. The van der Waals surface area contributed by atoms with Crippen LogP contribution < -0.4 is 10.1 Å². The number of amides is 1. The summed E-state index contributed by atoms with van der Waals surface area (Å²) in [5.74, 6) is 0.703. The van der Waals surface area contributed by atoms with Crippen LogP contribution >= 0.6 is 0 Å². The van der Waals surface area contributed by atoms with Gasteiger partial charge in [0.2, 0.25) is 0 Å². The van der Waals surface area contributed by atoms with E-state index in [0.29, 0.717) is 30.1 Å². The van der Waals surface area contributed by atoms with Gasteiger partial charge in [0.15, 0.2) is 9.84 Å². The van der Waals surface area contributed by atoms with E-state index in [1.165, 1.54) is 0 Å². The van der Waals surface area contributed by atoms with E-state index in [1.54, 1.807) is 13.2 Å². The van der Waals surface area contributed by atoms with Crippen molar-refractivity contribution in [3.8, 4) is 17.0 Å². The van der Waals surface area contributed by atoms with Crippen LogP contribution in [0.3, 0.4) is 0 Å². The van der Waals surface area contributed by atoms with Crippen LogP contribution in [0.2, 0.25) is 0 Å². The van der Waals surface area contributed by atoms with Gasteiger partial charge < -0.3 is 10.1 Å². The van der Waals surface area contributed by atoms with Crippen LogP contribution in [0.25, 0.3) is 11.3 Å². The van der Waals surface area contributed by atoms with E-state index in [1.807, 2.05) is 24.3 Å². The van der Waals surface area contributed by atoms with E-state index in [0.717, 1.165) is 5.56 Å². The maximum atomic E-state index is 12.2. The molecule has 8 heteroatoms. The molecule has 1 aliphatic heterocycles. The predicted octanol–water partition coefficient (Wildman–Crippen LogP) is 1.25. The Morgan fingerprint density at radius 3 is 2.92 bits per heavy atom. The van der Waals surface area contributed by atoms with Gasteiger partial charge in [0.25, 0.3) is 5.91 Å². The van der Waals surface area contributed by atoms with E-state index >= 15 is 0 Å². The van der Waals surface area contributed by atoms with Crippen LogP contribution in [-0.4, -0.2) is 49.7 Å². The number of aromatic amines is 1. The minimum atomic E-state index is -2.93. The molecule has 0 unspecified atom stereocenters. The molecule has 128 valence electrons. The maximum Gasteiger partial charge on any atom is 0.269 e. The van der Waals surface area contributed by atoms with Crippen molar-refractivity contribution in [1.82, 2.24) is 15.5 Å². The van der Waals surface area contributed by atoms with Gasteiger partial charge in [-0.1, -0.05) is 12.1 Å². The molecule has 24 heavy (non-hydrogen) atoms. The van der Waals surface area contributed by atoms with Gasteiger partial charge in [0, 0.05) is 12.1 Å². The molecule has 3 rings (SSSR count). The van der Waals surface area contributed by atoms with Crippen molar-refractivity contribution in [3.63, 3.8) is 0 Å². The highest BCUT2D eigenvalue weighted by atomic mass is 32.2. The molecule has 0 bridgehead atoms. The highest BCUT2D eigenvalue weighted by molar-refractivity contribution is 7.91. The number of aromatic nitrogens is 2. The summed E-state index contributed by atoms with van der Waals surface area (Å²) < 4.78 is 28.2. The number of sulfone groups is 1. The Morgan fingerprint density at radius 1 is 1.42 bits per heavy atom. The molecule has 7 nitrogen and oxygen atoms in total. The van der Waals surface area contributed by atoms with Crippen LogP contribution in [0.4, 0.5) is 0 Å². The van der Waals surface area contributed by atoms with Gasteiger partial charge in [-0.05, 0) is 30.5 Å². The summed E-state index contributed by atoms with van der Waals surface area (Å²) in [6, 6.07) is 9.06. The fourth-order valence-electron chi connectivity index (χ4n) is 2.80. The fraction of sp³-hybridized carbons (Fsp3) is 0.375. The summed E-state index contributed by atoms with van der Waals surface area (Å²) in [6.07, 6.45) is 0.595. The molecule has 1 atom stereocenters. The SMILES string of the molecule is COc1ccccc1-c1cc(C(=O)NC[C@@H]2CCS(=O)(=O)C2)[nH]n1. The lowest BCUT2D eigenvalue weighted by molar-refractivity contribution is 0.0943. The molecular formula is C16H19N3O4S. The number of hydrogen-bond donors (Lipinski definition) is 2. The summed E-state index contributed by atoms with van der Waals surface area (Å²) >= 11 is 0. The molecule has 1 aliphatic rings. The van der Waals surface area contributed by atoms with Gasteiger partial charge in [0.1, 0.15) is 11.4 Å². The van der Waals surface area contributed by atoms with Crippen molar-refractivity contribution in [2.24, 2.45) is 5.92 Å². The molecule has 2 heterocycles. The summed E-state index contributed by atoms with van der Waals surface area (Å²) in [4.78, 5) is 12.2. The molecule has 2 aromatic rings. The number of rotatable bonds is 5. The molecule has 1 aromatic carbocycles. The zero-order chi connectivity index (χ0) is 17.2. The van der Waals surface area contributed by atoms with Crippen LogP contribution in [0.5, 0.6) is 5.75 Å². The molecule has 0 spiro atoms. The van der Waals surface area contributed by atoms with Crippen LogP contribution in [0, 0.1) is 5.92 Å². The van der Waals surface area contributed by atoms with Gasteiger partial charge in [-0.15, -0.1) is 0 Å². The smallest absolute Gasteiger partial charge is 0.269 e. The number of ether oxygens (including phenoxy) is 1. The average Bonchev–Trinajstić information content (AvgIpc) is 3.19. The number of carbonyl (C=O) groups excluding carboxylic acids is 1. The lowest BCUT2D eigenvalue weighted by Crippen LogP contribution is -2.30. The molecule has 1 aromatic heterocycles. The van der Waals surface area contributed by atoms with E-state index in [9.17, 15) is 13.2 Å². The number of carbonyl (C=O) groups is 1. The van der Waals surface area contributed by atoms with Crippen molar-refractivity contribution in [2.75, 3.05) is 25.2 Å². The third kappa shape index (κ3) is 3.59. The Bertz CT molecular complexity index is 845. The molecule has 0 aliphatic carbocycles. The van der Waals surface area contributed by atoms with Crippen LogP contribution in [0.15, 0.2) is 30.3 Å². The van der Waals surface area contributed by atoms with Gasteiger partial charge in [-0.3, -0.25) is 9.89 Å². The van der Waals surface area contributed by atoms with Crippen LogP contribution in [0.1, 0.15) is 16.9 Å². The van der Waals surface area contributed by atoms with Crippen LogP contribution in [-0.2, 0) is 9.84 Å². The summed E-state index contributed by atoms with van der Waals surface area (Å²) in [5.41, 5.74) is 1.73. The molecule has 1 saturated heterocycles. The van der Waals surface area contributed by atoms with Gasteiger partial charge in [0.05, 0.1) is 24.3 Å². The lowest BCUT2D eigenvalue weighted by Gasteiger charge is -2.08. The Balaban J connectivity index is 1.66. The molecule has 1 amide bonds. The first kappa shape index (κ1) is 16.5. The number of H-pyrrole nitrogens is 1. The molecule has 1 fully saturated rings. The fourth-order valence-corrected chi connectivity index (χ4v) is 4.66. The minimum Gasteiger partial charge on any atom is -0.496 e. The number of para-hydroxylation sites is 1. The van der Waals surface area contributed by atoms with Crippen molar-refractivity contribution in [3.05, 3.63) is 36.0 Å². The van der Waals surface area contributed by atoms with Gasteiger partial charge in [-0.25, -0.2) is 8.42 Å². The van der Waals surface area contributed by atoms with E-state index in [-0.39, 0.29) is 23.3 Å². The average molecular weight is 349 g/mol. The number of benzene rings is 1. The van der Waals surface area contributed by atoms with Gasteiger partial charge >= 0.3 is 0 Å². The Kier molecular flexibility index (Phi) is 4.57. The second kappa shape index (κ2) is 6.64. The number of methoxy groups -OCH3 is 1. The van der Waals surface area contributed by atoms with Crippen molar-refractivity contribution < 1.29 is 17.9 Å². The topological polar surface area (TPSA) is 101 Å². The summed E-state index contributed by atoms with van der Waals surface area (Å²) in [7, 11) is -1.35. The standard InChI is InChI=1S/C16H19N3O4S/c1-23-15-5-3-2-4-12(15)13-8-14(19-18-13)16(20)17-9-11-6-7-24(21,22)10-11/h2-5,8,11H,6-7,9-10H2,1H3,(H,17,20)(H,18,19)/t11-/m0/s1. The first-order valence-electron chi connectivity index (χ1n) is 7.66. The number of nitrogens with one attached hydrogen (secondary N) is 2. The third-order valence-electron chi connectivity index (χ3n) is 4.08. The molecule has 0 saturated carbocycles. The monoisotopic (exact) mass is 349 g/mol. The Hall–Kier alpha value is -2.35. The van der Waals surface area contributed by atoms with Crippen molar-refractivity contribution >= 4 is 15.7 Å². The van der Waals surface area contributed by atoms with E-state index in [4.69, 9.17) is 4.74 Å². The Labute approximate surface area is 140 Å². The second-order valence-electron chi connectivity index (χ2n) is 5.85. The molecule has 0 radical (unpaired) electrons. The molecular weight excluding hydrogens is 330 g/mol. The predicted molar refractivity (Wildman–Crippen MR) is 89.7 cm³/mol. The van der Waals surface area contributed by atoms with Crippen molar-refractivity contribution in [1.29, 1.82) is 0 Å². The zero-order valence-electron chi connectivity index (χ0n) is 13.3. The number of hydrogen-bond acceptors (Lipinski definition) is 5. The highest BCUT2D eigenvalue weighted by Gasteiger charge is 2.28.